The maximum Gasteiger partial charge on any atom is 0.241 e. The first-order valence-electron chi connectivity index (χ1n) is 5.19. The average molecular weight is 291 g/mol. The maximum atomic E-state index is 11.8. The van der Waals surface area contributed by atoms with Crippen LogP contribution in [-0.4, -0.2) is 26.6 Å². The minimum atomic E-state index is -3.63. The van der Waals surface area contributed by atoms with E-state index in [9.17, 15) is 13.2 Å². The molecule has 2 N–H and O–H groups in total. The molecular weight excluding hydrogens is 276 g/mol. The lowest BCUT2D eigenvalue weighted by Crippen LogP contribution is -2.46. The van der Waals surface area contributed by atoms with E-state index in [4.69, 9.17) is 17.3 Å². The topological polar surface area (TPSA) is 80.5 Å². The van der Waals surface area contributed by atoms with Gasteiger partial charge < -0.3 is 5.73 Å². The zero-order valence-electron chi connectivity index (χ0n) is 10.3. The lowest BCUT2D eigenvalue weighted by molar-refractivity contribution is -0.118. The minimum absolute atomic E-state index is 0.358. The molecule has 0 spiro atoms. The molecule has 18 heavy (non-hydrogen) atoms. The van der Waals surface area contributed by atoms with Crippen molar-refractivity contribution >= 4 is 33.2 Å². The number of aryl methyl sites for hydroxylation is 1. The zero-order chi connectivity index (χ0) is 14.1. The predicted molar refractivity (Wildman–Crippen MR) is 72.2 cm³/mol. The molecule has 0 saturated heterocycles. The van der Waals surface area contributed by atoms with Gasteiger partial charge in [-0.2, -0.15) is 0 Å². The summed E-state index contributed by atoms with van der Waals surface area (Å²) in [5.74, 6) is -0.722. The third-order valence-corrected chi connectivity index (χ3v) is 3.99. The molecule has 0 bridgehead atoms. The Morgan fingerprint density at radius 1 is 1.44 bits per heavy atom. The van der Waals surface area contributed by atoms with Gasteiger partial charge in [-0.05, 0) is 31.5 Å². The standard InChI is InChI=1S/C11H15ClN2O3S/c1-7-4-5-9(12)6-10(7)14(18(3,16)17)8(2)11(13)15/h4-6,8H,1-3H3,(H2,13,15)/t8-/m1/s1. The lowest BCUT2D eigenvalue weighted by atomic mass is 10.2. The van der Waals surface area contributed by atoms with Crippen molar-refractivity contribution < 1.29 is 13.2 Å². The minimum Gasteiger partial charge on any atom is -0.368 e. The van der Waals surface area contributed by atoms with Crippen LogP contribution in [0.5, 0.6) is 0 Å². The maximum absolute atomic E-state index is 11.8. The van der Waals surface area contributed by atoms with Gasteiger partial charge in [-0.3, -0.25) is 9.10 Å². The summed E-state index contributed by atoms with van der Waals surface area (Å²) in [4.78, 5) is 11.2. The van der Waals surface area contributed by atoms with Crippen molar-refractivity contribution in [2.75, 3.05) is 10.6 Å². The van der Waals surface area contributed by atoms with Crippen LogP contribution >= 0.6 is 11.6 Å². The van der Waals surface area contributed by atoms with E-state index in [1.165, 1.54) is 13.0 Å². The summed E-state index contributed by atoms with van der Waals surface area (Å²) in [6, 6.07) is 3.86. The van der Waals surface area contributed by atoms with Crippen LogP contribution < -0.4 is 10.0 Å². The van der Waals surface area contributed by atoms with Crippen LogP contribution in [0.3, 0.4) is 0 Å². The zero-order valence-corrected chi connectivity index (χ0v) is 11.9. The van der Waals surface area contributed by atoms with Crippen molar-refractivity contribution in [2.45, 2.75) is 19.9 Å². The van der Waals surface area contributed by atoms with Gasteiger partial charge in [0, 0.05) is 5.02 Å². The van der Waals surface area contributed by atoms with E-state index in [0.717, 1.165) is 10.6 Å². The fourth-order valence-electron chi connectivity index (χ4n) is 1.61. The molecule has 0 unspecified atom stereocenters. The third kappa shape index (κ3) is 3.14. The Hall–Kier alpha value is -1.27. The second-order valence-electron chi connectivity index (χ2n) is 4.07. The molecule has 1 aromatic carbocycles. The molecule has 0 fully saturated rings. The molecule has 1 amide bonds. The number of amides is 1. The number of anilines is 1. The number of sulfonamides is 1. The Balaban J connectivity index is 3.45. The van der Waals surface area contributed by atoms with Crippen LogP contribution in [0.1, 0.15) is 12.5 Å². The summed E-state index contributed by atoms with van der Waals surface area (Å²) < 4.78 is 24.6. The van der Waals surface area contributed by atoms with Crippen molar-refractivity contribution in [1.82, 2.24) is 0 Å². The second-order valence-corrected chi connectivity index (χ2v) is 6.36. The van der Waals surface area contributed by atoms with Crippen molar-refractivity contribution in [2.24, 2.45) is 5.73 Å². The van der Waals surface area contributed by atoms with Gasteiger partial charge in [0.25, 0.3) is 0 Å². The third-order valence-electron chi connectivity index (χ3n) is 2.53. The number of nitrogens with zero attached hydrogens (tertiary/aromatic N) is 1. The molecule has 1 atom stereocenters. The molecule has 0 radical (unpaired) electrons. The molecule has 1 aromatic rings. The average Bonchev–Trinajstić information content (AvgIpc) is 2.21. The monoisotopic (exact) mass is 290 g/mol. The number of benzene rings is 1. The normalized spacial score (nSPS) is 13.1. The Morgan fingerprint density at radius 3 is 2.44 bits per heavy atom. The van der Waals surface area contributed by atoms with Crippen molar-refractivity contribution in [3.8, 4) is 0 Å². The van der Waals surface area contributed by atoms with Crippen LogP contribution in [0.15, 0.2) is 18.2 Å². The molecule has 100 valence electrons. The first-order chi connectivity index (χ1) is 8.14. The molecule has 1 rings (SSSR count). The van der Waals surface area contributed by atoms with Crippen molar-refractivity contribution in [3.63, 3.8) is 0 Å². The van der Waals surface area contributed by atoms with E-state index in [2.05, 4.69) is 0 Å². The van der Waals surface area contributed by atoms with Crippen LogP contribution in [0.2, 0.25) is 5.02 Å². The van der Waals surface area contributed by atoms with E-state index in [1.807, 2.05) is 0 Å². The van der Waals surface area contributed by atoms with Gasteiger partial charge >= 0.3 is 0 Å². The second kappa shape index (κ2) is 5.16. The lowest BCUT2D eigenvalue weighted by Gasteiger charge is -2.28. The highest BCUT2D eigenvalue weighted by atomic mass is 35.5. The number of halogens is 1. The van der Waals surface area contributed by atoms with Crippen LogP contribution in [0, 0.1) is 6.92 Å². The van der Waals surface area contributed by atoms with E-state index in [-0.39, 0.29) is 0 Å². The van der Waals surface area contributed by atoms with Gasteiger partial charge in [-0.25, -0.2) is 8.42 Å². The Labute approximate surface area is 112 Å². The highest BCUT2D eigenvalue weighted by molar-refractivity contribution is 7.92. The Morgan fingerprint density at radius 2 is 2.00 bits per heavy atom. The molecule has 0 aromatic heterocycles. The van der Waals surface area contributed by atoms with Gasteiger partial charge in [0.15, 0.2) is 0 Å². The summed E-state index contributed by atoms with van der Waals surface area (Å²) in [6.45, 7) is 3.17. The molecule has 5 nitrogen and oxygen atoms in total. The quantitative estimate of drug-likeness (QED) is 0.907. The van der Waals surface area contributed by atoms with E-state index in [0.29, 0.717) is 16.3 Å². The summed E-state index contributed by atoms with van der Waals surface area (Å²) in [7, 11) is -3.63. The highest BCUT2D eigenvalue weighted by Crippen LogP contribution is 2.27. The van der Waals surface area contributed by atoms with Gasteiger partial charge in [0.05, 0.1) is 11.9 Å². The highest BCUT2D eigenvalue weighted by Gasteiger charge is 2.28. The molecule has 0 heterocycles. The van der Waals surface area contributed by atoms with Crippen LogP contribution in [0.4, 0.5) is 5.69 Å². The van der Waals surface area contributed by atoms with Crippen molar-refractivity contribution in [3.05, 3.63) is 28.8 Å². The smallest absolute Gasteiger partial charge is 0.241 e. The van der Waals surface area contributed by atoms with Crippen LogP contribution in [0.25, 0.3) is 0 Å². The first-order valence-corrected chi connectivity index (χ1v) is 7.42. The summed E-state index contributed by atoms with van der Waals surface area (Å²) >= 11 is 5.86. The largest absolute Gasteiger partial charge is 0.368 e. The molecule has 0 aliphatic carbocycles. The fourth-order valence-corrected chi connectivity index (χ4v) is 3.01. The number of nitrogens with two attached hydrogens (primary N) is 1. The summed E-state index contributed by atoms with van der Waals surface area (Å²) in [6.07, 6.45) is 1.02. The fraction of sp³-hybridized carbons (Fsp3) is 0.364. The molecule has 7 heteroatoms. The van der Waals surface area contributed by atoms with Gasteiger partial charge in [0.1, 0.15) is 6.04 Å². The summed E-state index contributed by atoms with van der Waals surface area (Å²) in [5.41, 5.74) is 6.23. The first kappa shape index (κ1) is 14.8. The van der Waals surface area contributed by atoms with Gasteiger partial charge in [-0.15, -0.1) is 0 Å². The van der Waals surface area contributed by atoms with E-state index < -0.39 is 22.0 Å². The van der Waals surface area contributed by atoms with Crippen molar-refractivity contribution in [1.29, 1.82) is 0 Å². The van der Waals surface area contributed by atoms with E-state index >= 15 is 0 Å². The number of rotatable bonds is 4. The Bertz CT molecular complexity index is 572. The number of hydrogen-bond donors (Lipinski definition) is 1. The van der Waals surface area contributed by atoms with E-state index in [1.54, 1.807) is 19.1 Å². The Kier molecular flexibility index (Phi) is 4.24. The number of primary amides is 1. The number of carbonyl (C=O) groups is 1. The van der Waals surface area contributed by atoms with Gasteiger partial charge in [-0.1, -0.05) is 17.7 Å². The summed E-state index contributed by atoms with van der Waals surface area (Å²) in [5, 5.41) is 0.390. The van der Waals surface area contributed by atoms with Gasteiger partial charge in [0.2, 0.25) is 15.9 Å². The van der Waals surface area contributed by atoms with Crippen LogP contribution in [-0.2, 0) is 14.8 Å². The SMILES string of the molecule is Cc1ccc(Cl)cc1N([C@H](C)C(N)=O)S(C)(=O)=O. The number of hydrogen-bond acceptors (Lipinski definition) is 3. The molecule has 0 aliphatic rings. The molecule has 0 aliphatic heterocycles. The predicted octanol–water partition coefficient (Wildman–Crippen LogP) is 1.29. The molecular formula is C11H15ClN2O3S. The number of carbonyl (C=O) groups excluding carboxylic acids is 1. The molecule has 0 saturated carbocycles.